The number of aliphatic hydroxyl groups excluding tert-OH is 2. The van der Waals surface area contributed by atoms with E-state index < -0.39 is 157 Å². The number of amides is 5. The summed E-state index contributed by atoms with van der Waals surface area (Å²) in [6.45, 7) is 10.5. The predicted molar refractivity (Wildman–Crippen MR) is 260 cm³/mol. The second-order valence-electron chi connectivity index (χ2n) is 18.3. The van der Waals surface area contributed by atoms with Crippen molar-refractivity contribution >= 4 is 64.6 Å². The summed E-state index contributed by atoms with van der Waals surface area (Å²) in [6, 6.07) is 3.47. The molecule has 0 aliphatic rings. The van der Waals surface area contributed by atoms with E-state index in [4.69, 9.17) is 17.2 Å². The van der Waals surface area contributed by atoms with Gasteiger partial charge in [0.2, 0.25) is 29.5 Å². The maximum atomic E-state index is 14.3. The summed E-state index contributed by atoms with van der Waals surface area (Å²) in [7, 11) is 0. The number of primary amides is 1. The molecule has 0 saturated carbocycles. The number of nitrogens with one attached hydrogen (secondary N) is 4. The topological polar surface area (TPSA) is 370 Å². The molecule has 0 saturated heterocycles. The Hall–Kier alpha value is -6.09. The molecule has 0 aliphatic carbocycles. The van der Waals surface area contributed by atoms with E-state index in [0.29, 0.717) is 44.2 Å². The van der Waals surface area contributed by atoms with Crippen LogP contribution in [0.25, 0.3) is 0 Å². The normalized spacial score (nSPS) is 15.9. The lowest BCUT2D eigenvalue weighted by Gasteiger charge is -2.29. The third-order valence-corrected chi connectivity index (χ3v) is 12.9. The van der Waals surface area contributed by atoms with E-state index in [1.807, 2.05) is 6.92 Å². The molecule has 1 aromatic carbocycles. The summed E-state index contributed by atoms with van der Waals surface area (Å²) in [6.07, 6.45) is -0.506. The van der Waals surface area contributed by atoms with Gasteiger partial charge in [-0.1, -0.05) is 84.7 Å². The Balaban J connectivity index is 3.32. The van der Waals surface area contributed by atoms with Crippen LogP contribution in [-0.2, 0) is 54.4 Å². The lowest BCUT2D eigenvalue weighted by molar-refractivity contribution is -0.141. The molecule has 13 N–H and O–H groups in total. The van der Waals surface area contributed by atoms with Gasteiger partial charge in [0.05, 0.1) is 43.7 Å². The summed E-state index contributed by atoms with van der Waals surface area (Å²) in [5, 5.41) is 39.6. The SMILES string of the molecule is CC[C@@H](CCCN=C(N)N)C(=O)N[C@@H](CO)C(=O)C[C@@H](C)C(=O)N[C@@H](CC(=O)O)C(=O)C[C@H](C(=O)N[C@@H](Cc1ccccc1)C(=O)C[C@H](C(=O)N[C@@H](C)C(=O)CC(CO)C(N)=O)[C@@H](C)CC)[C@@H](C)CC. The molecule has 0 heterocycles. The largest absolute Gasteiger partial charge is 0.481 e. The Morgan fingerprint density at radius 2 is 1.09 bits per heavy atom. The number of Topliss-reactive ketones (excluding diaryl/α,β-unsaturated/α-hetero) is 4. The number of hydrogen-bond donors (Lipinski definition) is 10. The Labute approximate surface area is 410 Å². The van der Waals surface area contributed by atoms with Gasteiger partial charge in [-0.15, -0.1) is 0 Å². The first-order valence-electron chi connectivity index (χ1n) is 24.1. The van der Waals surface area contributed by atoms with E-state index in [9.17, 15) is 63.3 Å². The second kappa shape index (κ2) is 31.9. The van der Waals surface area contributed by atoms with E-state index >= 15 is 0 Å². The smallest absolute Gasteiger partial charge is 0.305 e. The number of guanidine groups is 1. The van der Waals surface area contributed by atoms with Crippen LogP contribution in [0.3, 0.4) is 0 Å². The summed E-state index contributed by atoms with van der Waals surface area (Å²) in [5.41, 5.74) is 16.6. The molecule has 0 spiro atoms. The first kappa shape index (κ1) is 61.9. The van der Waals surface area contributed by atoms with Crippen LogP contribution in [0.2, 0.25) is 0 Å². The molecule has 21 heteroatoms. The molecule has 1 unspecified atom stereocenters. The number of hydrogen-bond acceptors (Lipinski definition) is 13. The van der Waals surface area contributed by atoms with Gasteiger partial charge in [-0.05, 0) is 50.0 Å². The third kappa shape index (κ3) is 21.7. The van der Waals surface area contributed by atoms with E-state index in [1.54, 1.807) is 58.0 Å². The van der Waals surface area contributed by atoms with Crippen molar-refractivity contribution in [3.05, 3.63) is 35.9 Å². The van der Waals surface area contributed by atoms with E-state index in [0.717, 1.165) is 0 Å². The van der Waals surface area contributed by atoms with Crippen molar-refractivity contribution in [2.75, 3.05) is 19.8 Å². The number of nitrogens with zero attached hydrogens (tertiary/aromatic N) is 1. The highest BCUT2D eigenvalue weighted by Crippen LogP contribution is 2.25. The average molecular weight is 987 g/mol. The molecule has 70 heavy (non-hydrogen) atoms. The fraction of sp³-hybridized carbons (Fsp3) is 0.653. The van der Waals surface area contributed by atoms with Gasteiger partial charge in [0, 0.05) is 55.9 Å². The first-order valence-corrected chi connectivity index (χ1v) is 24.1. The first-order chi connectivity index (χ1) is 32.9. The second-order valence-corrected chi connectivity index (χ2v) is 18.3. The van der Waals surface area contributed by atoms with Gasteiger partial charge in [-0.25, -0.2) is 0 Å². The molecular formula is C49H78N8O13. The number of nitrogens with two attached hydrogens (primary N) is 3. The van der Waals surface area contributed by atoms with Gasteiger partial charge in [0.15, 0.2) is 29.1 Å². The third-order valence-electron chi connectivity index (χ3n) is 12.9. The summed E-state index contributed by atoms with van der Waals surface area (Å²) in [4.78, 5) is 136. The molecular weight excluding hydrogens is 909 g/mol. The van der Waals surface area contributed by atoms with Crippen LogP contribution in [0.1, 0.15) is 118 Å². The zero-order valence-corrected chi connectivity index (χ0v) is 41.7. The average Bonchev–Trinajstić information content (AvgIpc) is 3.31. The van der Waals surface area contributed by atoms with Crippen molar-refractivity contribution in [3.8, 4) is 0 Å². The van der Waals surface area contributed by atoms with Crippen LogP contribution >= 0.6 is 0 Å². The van der Waals surface area contributed by atoms with Crippen molar-refractivity contribution in [3.63, 3.8) is 0 Å². The van der Waals surface area contributed by atoms with Crippen molar-refractivity contribution < 1.29 is 63.3 Å². The number of benzene rings is 1. The van der Waals surface area contributed by atoms with Gasteiger partial charge in [-0.3, -0.25) is 52.9 Å². The van der Waals surface area contributed by atoms with Crippen LogP contribution in [-0.4, -0.2) is 124 Å². The molecule has 1 aromatic rings. The maximum absolute atomic E-state index is 14.3. The van der Waals surface area contributed by atoms with Crippen LogP contribution in [0.4, 0.5) is 0 Å². The Kier molecular flexibility index (Phi) is 28.2. The molecule has 5 amide bonds. The Morgan fingerprint density at radius 3 is 1.57 bits per heavy atom. The fourth-order valence-corrected chi connectivity index (χ4v) is 7.70. The summed E-state index contributed by atoms with van der Waals surface area (Å²) >= 11 is 0. The minimum Gasteiger partial charge on any atom is -0.481 e. The molecule has 0 aliphatic heterocycles. The monoisotopic (exact) mass is 987 g/mol. The van der Waals surface area contributed by atoms with Crippen LogP contribution in [0.15, 0.2) is 35.3 Å². The number of carboxylic acids is 1. The number of carbonyl (C=O) groups excluding carboxylic acids is 9. The van der Waals surface area contributed by atoms with E-state index in [1.165, 1.54) is 13.8 Å². The Bertz CT molecular complexity index is 1960. The number of aliphatic carboxylic acids is 1. The van der Waals surface area contributed by atoms with Crippen molar-refractivity contribution in [1.82, 2.24) is 21.3 Å². The Morgan fingerprint density at radius 1 is 0.571 bits per heavy atom. The van der Waals surface area contributed by atoms with E-state index in [-0.39, 0.29) is 24.7 Å². The molecule has 11 atom stereocenters. The fourth-order valence-electron chi connectivity index (χ4n) is 7.70. The van der Waals surface area contributed by atoms with Crippen LogP contribution < -0.4 is 38.5 Å². The number of aliphatic imine (C=N–C) groups is 1. The lowest BCUT2D eigenvalue weighted by Crippen LogP contribution is -2.50. The maximum Gasteiger partial charge on any atom is 0.305 e. The van der Waals surface area contributed by atoms with Gasteiger partial charge >= 0.3 is 5.97 Å². The number of aliphatic hydroxyl groups is 2. The number of ketones is 4. The van der Waals surface area contributed by atoms with Gasteiger partial charge in [0.1, 0.15) is 6.04 Å². The minimum atomic E-state index is -1.63. The van der Waals surface area contributed by atoms with Crippen LogP contribution in [0, 0.1) is 41.4 Å². The molecule has 21 nitrogen and oxygen atoms in total. The number of rotatable bonds is 36. The van der Waals surface area contributed by atoms with Gasteiger partial charge < -0.3 is 53.8 Å². The zero-order valence-electron chi connectivity index (χ0n) is 41.7. The molecule has 392 valence electrons. The standard InChI is InChI=1S/C49H78N8O13/c1-8-27(4)34(47(69)54-30(7)39(60)21-33(25-58)44(50)66)22-41(62)36(20-31-15-12-11-13-16-31)56-48(70)35(28(5)9-2)23-42(63)37(24-43(64)65)55-45(67)29(6)19-40(61)38(26-59)57-46(68)32(10-3)17-14-18-53-49(51)52/h11-13,15-16,27-30,32-38,58-59H,8-10,14,17-26H2,1-7H3,(H2,50,66)(H,54,69)(H,55,67)(H,56,70)(H,57,68)(H,64,65)(H4,51,52,53)/t27-,28-,29+,30-,32-,33?,34-,35-,36-,37-,38-/m0/s1. The summed E-state index contributed by atoms with van der Waals surface area (Å²) < 4.78 is 0. The van der Waals surface area contributed by atoms with Crippen molar-refractivity contribution in [1.29, 1.82) is 0 Å². The van der Waals surface area contributed by atoms with Crippen molar-refractivity contribution in [2.45, 2.75) is 143 Å². The highest BCUT2D eigenvalue weighted by Gasteiger charge is 2.37. The minimum absolute atomic E-state index is 0.000983. The molecule has 0 bridgehead atoms. The molecule has 1 rings (SSSR count). The molecule has 0 aromatic heterocycles. The number of carboxylic acid groups (broad SMARTS) is 1. The number of carbonyl (C=O) groups is 10. The quantitative estimate of drug-likeness (QED) is 0.0250. The zero-order chi connectivity index (χ0) is 53.2. The lowest BCUT2D eigenvalue weighted by atomic mass is 9.83. The predicted octanol–water partition coefficient (Wildman–Crippen LogP) is 0.626. The molecule has 0 radical (unpaired) electrons. The highest BCUT2D eigenvalue weighted by molar-refractivity contribution is 5.99. The van der Waals surface area contributed by atoms with Gasteiger partial charge in [-0.2, -0.15) is 0 Å². The van der Waals surface area contributed by atoms with Gasteiger partial charge in [0.25, 0.3) is 0 Å². The molecule has 0 fully saturated rings. The van der Waals surface area contributed by atoms with E-state index in [2.05, 4.69) is 26.3 Å². The van der Waals surface area contributed by atoms with Crippen molar-refractivity contribution in [2.24, 2.45) is 63.6 Å². The van der Waals surface area contributed by atoms with Crippen LogP contribution in [0.5, 0.6) is 0 Å². The highest BCUT2D eigenvalue weighted by atomic mass is 16.4. The summed E-state index contributed by atoms with van der Waals surface area (Å²) in [5.74, 6) is -13.4.